The van der Waals surface area contributed by atoms with Crippen molar-refractivity contribution in [2.75, 3.05) is 0 Å². The van der Waals surface area contributed by atoms with Gasteiger partial charge in [0.05, 0.1) is 11.1 Å². The Kier molecular flexibility index (Phi) is 3.73. The van der Waals surface area contributed by atoms with E-state index in [1.165, 1.54) is 27.6 Å². The van der Waals surface area contributed by atoms with Gasteiger partial charge in [-0.1, -0.05) is 72.1 Å². The smallest absolute Gasteiger partial charge is 0.123 e. The molecular formula is C27H14IrNO-. The monoisotopic (exact) mass is 561 g/mol. The number of para-hydroxylation sites is 1. The van der Waals surface area contributed by atoms with Crippen molar-refractivity contribution in [2.24, 2.45) is 0 Å². The van der Waals surface area contributed by atoms with E-state index in [4.69, 9.17) is 9.40 Å². The van der Waals surface area contributed by atoms with Crippen LogP contribution in [0.15, 0.2) is 89.3 Å². The van der Waals surface area contributed by atoms with Gasteiger partial charge in [0, 0.05) is 25.5 Å². The van der Waals surface area contributed by atoms with Crippen molar-refractivity contribution in [2.45, 2.75) is 0 Å². The number of fused-ring (bicyclic) bond motifs is 6. The van der Waals surface area contributed by atoms with Crippen LogP contribution in [0.1, 0.15) is 0 Å². The second kappa shape index (κ2) is 6.37. The first kappa shape index (κ1) is 17.6. The molecule has 1 aliphatic rings. The molecule has 4 aromatic carbocycles. The number of rotatable bonds is 1. The molecule has 0 saturated carbocycles. The molecule has 0 aliphatic heterocycles. The van der Waals surface area contributed by atoms with Gasteiger partial charge in [0.2, 0.25) is 0 Å². The number of hydrogen-bond acceptors (Lipinski definition) is 2. The first-order valence-electron chi connectivity index (χ1n) is 9.74. The Morgan fingerprint density at radius 1 is 0.667 bits per heavy atom. The van der Waals surface area contributed by atoms with Gasteiger partial charge in [0.1, 0.15) is 5.58 Å². The van der Waals surface area contributed by atoms with E-state index in [1.54, 1.807) is 0 Å². The zero-order valence-electron chi connectivity index (χ0n) is 15.8. The molecule has 3 heteroatoms. The Morgan fingerprint density at radius 2 is 1.43 bits per heavy atom. The molecule has 0 unspecified atom stereocenters. The third kappa shape index (κ3) is 2.25. The molecule has 0 spiro atoms. The van der Waals surface area contributed by atoms with Crippen LogP contribution in [-0.2, 0) is 20.1 Å². The van der Waals surface area contributed by atoms with Gasteiger partial charge >= 0.3 is 0 Å². The van der Waals surface area contributed by atoms with Crippen LogP contribution in [0.25, 0.3) is 66.4 Å². The predicted octanol–water partition coefficient (Wildman–Crippen LogP) is 7.25. The van der Waals surface area contributed by atoms with E-state index in [-0.39, 0.29) is 20.1 Å². The fraction of sp³-hybridized carbons (Fsp3) is 0. The van der Waals surface area contributed by atoms with Crippen LogP contribution in [0.2, 0.25) is 0 Å². The summed E-state index contributed by atoms with van der Waals surface area (Å²) in [7, 11) is 0. The normalized spacial score (nSPS) is 11.7. The number of pyridine rings is 1. The number of aromatic nitrogens is 1. The Bertz CT molecular complexity index is 1610. The topological polar surface area (TPSA) is 26.0 Å². The summed E-state index contributed by atoms with van der Waals surface area (Å²) in [5.74, 6) is 0. The fourth-order valence-corrected chi connectivity index (χ4v) is 4.72. The SMILES string of the molecule is [Ir].[c-]1ccc2oc3ccccc3c2c1-c1cc2c3c(cccc3n1)-c1ccccc1-2. The zero-order valence-corrected chi connectivity index (χ0v) is 18.2. The van der Waals surface area contributed by atoms with Gasteiger partial charge in [-0.2, -0.15) is 0 Å². The van der Waals surface area contributed by atoms with Crippen LogP contribution in [-0.4, -0.2) is 4.98 Å². The van der Waals surface area contributed by atoms with Crippen molar-refractivity contribution < 1.29 is 24.5 Å². The maximum absolute atomic E-state index is 6.08. The second-order valence-electron chi connectivity index (χ2n) is 7.49. The van der Waals surface area contributed by atoms with Gasteiger partial charge in [0.15, 0.2) is 0 Å². The minimum Gasteiger partial charge on any atom is -0.476 e. The largest absolute Gasteiger partial charge is 0.476 e. The van der Waals surface area contributed by atoms with Crippen LogP contribution in [0.5, 0.6) is 0 Å². The van der Waals surface area contributed by atoms with Crippen LogP contribution in [0.3, 0.4) is 0 Å². The Hall–Kier alpha value is -3.26. The molecule has 2 heterocycles. The summed E-state index contributed by atoms with van der Waals surface area (Å²) in [6.07, 6.45) is 0. The summed E-state index contributed by atoms with van der Waals surface area (Å²) >= 11 is 0. The maximum Gasteiger partial charge on any atom is 0.123 e. The van der Waals surface area contributed by atoms with Crippen LogP contribution in [0, 0.1) is 6.07 Å². The van der Waals surface area contributed by atoms with Crippen LogP contribution < -0.4 is 0 Å². The molecule has 30 heavy (non-hydrogen) atoms. The average Bonchev–Trinajstić information content (AvgIpc) is 3.31. The van der Waals surface area contributed by atoms with Gasteiger partial charge < -0.3 is 4.42 Å². The second-order valence-corrected chi connectivity index (χ2v) is 7.49. The first-order valence-corrected chi connectivity index (χ1v) is 9.74. The van der Waals surface area contributed by atoms with E-state index in [9.17, 15) is 0 Å². The van der Waals surface area contributed by atoms with Gasteiger partial charge in [-0.15, -0.1) is 17.7 Å². The summed E-state index contributed by atoms with van der Waals surface area (Å²) in [5.41, 5.74) is 9.75. The Labute approximate surface area is 186 Å². The standard InChI is InChI=1S/C27H14NO.Ir/c1-2-8-17-16(7-1)18-10-5-12-22-26(18)21(17)15-23(28-22)19-11-6-14-25-27(19)20-9-3-4-13-24(20)29-25;/h1-10,12-15H;/q-1;. The van der Waals surface area contributed by atoms with E-state index in [1.807, 2.05) is 30.3 Å². The number of benzene rings is 4. The fourth-order valence-electron chi connectivity index (χ4n) is 4.72. The molecule has 0 bridgehead atoms. The van der Waals surface area contributed by atoms with Crippen molar-refractivity contribution in [3.05, 3.63) is 91.0 Å². The van der Waals surface area contributed by atoms with Crippen LogP contribution in [0.4, 0.5) is 0 Å². The van der Waals surface area contributed by atoms with E-state index >= 15 is 0 Å². The number of furan rings is 1. The van der Waals surface area contributed by atoms with Gasteiger partial charge in [0.25, 0.3) is 0 Å². The van der Waals surface area contributed by atoms with Crippen molar-refractivity contribution in [3.63, 3.8) is 0 Å². The summed E-state index contributed by atoms with van der Waals surface area (Å²) in [5, 5.41) is 3.41. The summed E-state index contributed by atoms with van der Waals surface area (Å²) < 4.78 is 6.08. The zero-order chi connectivity index (χ0) is 18.9. The molecule has 0 amide bonds. The van der Waals surface area contributed by atoms with E-state index in [0.29, 0.717) is 0 Å². The van der Waals surface area contributed by atoms with Crippen molar-refractivity contribution in [1.82, 2.24) is 4.98 Å². The van der Waals surface area contributed by atoms with Gasteiger partial charge in [-0.3, -0.25) is 4.98 Å². The number of nitrogens with zero attached hydrogens (tertiary/aromatic N) is 1. The molecule has 1 aliphatic carbocycles. The number of hydrogen-bond donors (Lipinski definition) is 0. The molecule has 0 fully saturated rings. The third-order valence-corrected chi connectivity index (χ3v) is 5.93. The molecule has 7 rings (SSSR count). The quantitative estimate of drug-likeness (QED) is 0.198. The molecular weight excluding hydrogens is 547 g/mol. The maximum atomic E-state index is 6.08. The van der Waals surface area contributed by atoms with Crippen molar-refractivity contribution >= 4 is 32.8 Å². The molecule has 143 valence electrons. The average molecular weight is 561 g/mol. The predicted molar refractivity (Wildman–Crippen MR) is 118 cm³/mol. The molecule has 2 nitrogen and oxygen atoms in total. The molecule has 6 aromatic rings. The van der Waals surface area contributed by atoms with E-state index < -0.39 is 0 Å². The molecule has 0 saturated heterocycles. The summed E-state index contributed by atoms with van der Waals surface area (Å²) in [4.78, 5) is 5.05. The summed E-state index contributed by atoms with van der Waals surface area (Å²) in [6.45, 7) is 0. The molecule has 2 aromatic heterocycles. The van der Waals surface area contributed by atoms with E-state index in [2.05, 4.69) is 60.7 Å². The molecule has 0 N–H and O–H groups in total. The first-order chi connectivity index (χ1) is 14.4. The van der Waals surface area contributed by atoms with Gasteiger partial charge in [-0.25, -0.2) is 0 Å². The van der Waals surface area contributed by atoms with Crippen molar-refractivity contribution in [3.8, 4) is 33.5 Å². The Morgan fingerprint density at radius 3 is 2.33 bits per heavy atom. The van der Waals surface area contributed by atoms with Crippen molar-refractivity contribution in [1.29, 1.82) is 0 Å². The minimum absolute atomic E-state index is 0. The minimum atomic E-state index is 0. The third-order valence-electron chi connectivity index (χ3n) is 5.93. The molecule has 1 radical (unpaired) electrons. The Balaban J connectivity index is 0.00000175. The summed E-state index contributed by atoms with van der Waals surface area (Å²) in [6, 6.07) is 32.7. The van der Waals surface area contributed by atoms with Gasteiger partial charge in [-0.05, 0) is 45.5 Å². The molecule has 0 atom stereocenters. The van der Waals surface area contributed by atoms with Crippen LogP contribution >= 0.6 is 0 Å². The van der Waals surface area contributed by atoms with E-state index in [0.717, 1.165) is 38.7 Å².